The topological polar surface area (TPSA) is 68.0 Å². The Hall–Kier alpha value is -2.12. The molecule has 3 aromatic rings. The SMILES string of the molecule is Cc1ccc(S[C@H](C)C(=O)NCc2nc(-c3cccs3)no2)cc1. The van der Waals surface area contributed by atoms with E-state index in [0.717, 1.165) is 9.77 Å². The highest BCUT2D eigenvalue weighted by atomic mass is 32.2. The second-order valence-electron chi connectivity index (χ2n) is 5.28. The molecule has 0 radical (unpaired) electrons. The molecule has 0 unspecified atom stereocenters. The van der Waals surface area contributed by atoms with Crippen LogP contribution >= 0.6 is 23.1 Å². The fraction of sp³-hybridized carbons (Fsp3) is 0.235. The molecule has 0 bridgehead atoms. The average molecular weight is 359 g/mol. The van der Waals surface area contributed by atoms with Gasteiger partial charge in [-0.15, -0.1) is 23.1 Å². The third-order valence-corrected chi connectivity index (χ3v) is 5.30. The summed E-state index contributed by atoms with van der Waals surface area (Å²) in [5.41, 5.74) is 1.20. The Bertz CT molecular complexity index is 798. The van der Waals surface area contributed by atoms with E-state index in [1.165, 1.54) is 17.3 Å². The molecule has 0 saturated carbocycles. The normalized spacial score (nSPS) is 12.1. The summed E-state index contributed by atoms with van der Waals surface area (Å²) in [7, 11) is 0. The first-order chi connectivity index (χ1) is 11.6. The van der Waals surface area contributed by atoms with E-state index in [-0.39, 0.29) is 17.7 Å². The van der Waals surface area contributed by atoms with Gasteiger partial charge < -0.3 is 9.84 Å². The lowest BCUT2D eigenvalue weighted by Crippen LogP contribution is -2.30. The number of hydrogen-bond donors (Lipinski definition) is 1. The van der Waals surface area contributed by atoms with Crippen molar-refractivity contribution >= 4 is 29.0 Å². The summed E-state index contributed by atoms with van der Waals surface area (Å²) >= 11 is 3.07. The summed E-state index contributed by atoms with van der Waals surface area (Å²) in [6, 6.07) is 12.0. The largest absolute Gasteiger partial charge is 0.346 e. The lowest BCUT2D eigenvalue weighted by Gasteiger charge is -2.10. The molecular formula is C17H17N3O2S2. The van der Waals surface area contributed by atoms with Crippen LogP contribution in [0.15, 0.2) is 51.2 Å². The molecular weight excluding hydrogens is 342 g/mol. The molecule has 1 N–H and O–H groups in total. The molecule has 0 aliphatic rings. The highest BCUT2D eigenvalue weighted by Gasteiger charge is 2.16. The summed E-state index contributed by atoms with van der Waals surface area (Å²) < 4.78 is 5.17. The maximum Gasteiger partial charge on any atom is 0.246 e. The minimum atomic E-state index is -0.201. The zero-order valence-corrected chi connectivity index (χ0v) is 15.0. The molecule has 0 aliphatic heterocycles. The number of carbonyl (C=O) groups excluding carboxylic acids is 1. The van der Waals surface area contributed by atoms with E-state index in [1.54, 1.807) is 11.3 Å². The molecule has 2 heterocycles. The van der Waals surface area contributed by atoms with Crippen molar-refractivity contribution in [2.75, 3.05) is 0 Å². The number of thioether (sulfide) groups is 1. The third-order valence-electron chi connectivity index (χ3n) is 3.33. The molecule has 0 saturated heterocycles. The highest BCUT2D eigenvalue weighted by Crippen LogP contribution is 2.24. The predicted molar refractivity (Wildman–Crippen MR) is 96.0 cm³/mol. The summed E-state index contributed by atoms with van der Waals surface area (Å²) in [6.45, 7) is 4.15. The van der Waals surface area contributed by atoms with Crippen molar-refractivity contribution in [2.24, 2.45) is 0 Å². The quantitative estimate of drug-likeness (QED) is 0.676. The Morgan fingerprint density at radius 1 is 1.33 bits per heavy atom. The zero-order chi connectivity index (χ0) is 16.9. The first-order valence-corrected chi connectivity index (χ1v) is 9.25. The highest BCUT2D eigenvalue weighted by molar-refractivity contribution is 8.00. The number of thiophene rings is 1. The first-order valence-electron chi connectivity index (χ1n) is 7.49. The Morgan fingerprint density at radius 2 is 2.12 bits per heavy atom. The molecule has 1 aromatic carbocycles. The van der Waals surface area contributed by atoms with E-state index in [1.807, 2.05) is 55.6 Å². The summed E-state index contributed by atoms with van der Waals surface area (Å²) in [5, 5.41) is 8.52. The number of aryl methyl sites for hydroxylation is 1. The Kier molecular flexibility index (Phi) is 5.32. The molecule has 2 aromatic heterocycles. The first kappa shape index (κ1) is 16.7. The van der Waals surface area contributed by atoms with Crippen molar-refractivity contribution in [1.82, 2.24) is 15.5 Å². The molecule has 0 fully saturated rings. The van der Waals surface area contributed by atoms with E-state index in [0.29, 0.717) is 11.7 Å². The van der Waals surface area contributed by atoms with Crippen molar-refractivity contribution in [3.63, 3.8) is 0 Å². The van der Waals surface area contributed by atoms with Crippen LogP contribution in [0, 0.1) is 6.92 Å². The molecule has 0 aliphatic carbocycles. The van der Waals surface area contributed by atoms with Crippen molar-refractivity contribution < 1.29 is 9.32 Å². The second-order valence-corrected chi connectivity index (χ2v) is 7.64. The smallest absolute Gasteiger partial charge is 0.246 e. The Labute approximate surface area is 148 Å². The molecule has 5 nitrogen and oxygen atoms in total. The van der Waals surface area contributed by atoms with Crippen LogP contribution in [0.4, 0.5) is 0 Å². The van der Waals surface area contributed by atoms with Crippen LogP contribution in [0.1, 0.15) is 18.4 Å². The Balaban J connectivity index is 1.52. The van der Waals surface area contributed by atoms with Crippen molar-refractivity contribution in [2.45, 2.75) is 30.5 Å². The molecule has 0 spiro atoms. The maximum atomic E-state index is 12.2. The van der Waals surface area contributed by atoms with Gasteiger partial charge in [0.15, 0.2) is 0 Å². The van der Waals surface area contributed by atoms with Gasteiger partial charge in [0.2, 0.25) is 17.6 Å². The summed E-state index contributed by atoms with van der Waals surface area (Å²) in [6.07, 6.45) is 0. The minimum absolute atomic E-state index is 0.0588. The Morgan fingerprint density at radius 3 is 2.83 bits per heavy atom. The fourth-order valence-corrected chi connectivity index (χ4v) is 3.55. The van der Waals surface area contributed by atoms with Gasteiger partial charge in [0.25, 0.3) is 0 Å². The maximum absolute atomic E-state index is 12.2. The molecule has 1 atom stereocenters. The molecule has 3 rings (SSSR count). The number of hydrogen-bond acceptors (Lipinski definition) is 6. The van der Waals surface area contributed by atoms with E-state index in [4.69, 9.17) is 4.52 Å². The molecule has 24 heavy (non-hydrogen) atoms. The molecule has 7 heteroatoms. The van der Waals surface area contributed by atoms with Crippen LogP contribution in [0.25, 0.3) is 10.7 Å². The fourth-order valence-electron chi connectivity index (χ4n) is 2.01. The molecule has 1 amide bonds. The number of benzene rings is 1. The summed E-state index contributed by atoms with van der Waals surface area (Å²) in [5.74, 6) is 0.895. The van der Waals surface area contributed by atoms with E-state index in [2.05, 4.69) is 15.5 Å². The van der Waals surface area contributed by atoms with Crippen molar-refractivity contribution in [1.29, 1.82) is 0 Å². The second kappa shape index (κ2) is 7.63. The van der Waals surface area contributed by atoms with E-state index >= 15 is 0 Å². The van der Waals surface area contributed by atoms with Crippen LogP contribution in [0.5, 0.6) is 0 Å². The predicted octanol–water partition coefficient (Wildman–Crippen LogP) is 3.90. The van der Waals surface area contributed by atoms with Gasteiger partial charge in [-0.1, -0.05) is 28.9 Å². The van der Waals surface area contributed by atoms with Gasteiger partial charge in [0, 0.05) is 4.90 Å². The van der Waals surface area contributed by atoms with Gasteiger partial charge in [-0.3, -0.25) is 4.79 Å². The van der Waals surface area contributed by atoms with Gasteiger partial charge >= 0.3 is 0 Å². The lowest BCUT2D eigenvalue weighted by molar-refractivity contribution is -0.120. The van der Waals surface area contributed by atoms with Crippen LogP contribution in [-0.4, -0.2) is 21.3 Å². The molecule has 124 valence electrons. The average Bonchev–Trinajstić information content (AvgIpc) is 3.25. The number of carbonyl (C=O) groups is 1. The number of aromatic nitrogens is 2. The van der Waals surface area contributed by atoms with Gasteiger partial charge in [-0.25, -0.2) is 0 Å². The van der Waals surface area contributed by atoms with E-state index < -0.39 is 0 Å². The van der Waals surface area contributed by atoms with Gasteiger partial charge in [0.1, 0.15) is 0 Å². The van der Waals surface area contributed by atoms with E-state index in [9.17, 15) is 4.79 Å². The number of nitrogens with one attached hydrogen (secondary N) is 1. The van der Waals surface area contributed by atoms with Crippen molar-refractivity contribution in [3.8, 4) is 10.7 Å². The number of amides is 1. The minimum Gasteiger partial charge on any atom is -0.346 e. The monoisotopic (exact) mass is 359 g/mol. The van der Waals surface area contributed by atoms with Crippen LogP contribution in [-0.2, 0) is 11.3 Å². The standard InChI is InChI=1S/C17H17N3O2S2/c1-11-5-7-13(8-6-11)24-12(2)17(21)18-10-15-19-16(20-22-15)14-4-3-9-23-14/h3-9,12H,10H2,1-2H3,(H,18,21)/t12-/m1/s1. The number of nitrogens with zero attached hydrogens (tertiary/aromatic N) is 2. The van der Waals surface area contributed by atoms with Crippen LogP contribution in [0.3, 0.4) is 0 Å². The van der Waals surface area contributed by atoms with Gasteiger partial charge in [0.05, 0.1) is 16.7 Å². The lowest BCUT2D eigenvalue weighted by atomic mass is 10.2. The van der Waals surface area contributed by atoms with Gasteiger partial charge in [-0.05, 0) is 37.4 Å². The zero-order valence-electron chi connectivity index (χ0n) is 13.4. The van der Waals surface area contributed by atoms with Crippen LogP contribution in [0.2, 0.25) is 0 Å². The van der Waals surface area contributed by atoms with Crippen LogP contribution < -0.4 is 5.32 Å². The third kappa shape index (κ3) is 4.24. The van der Waals surface area contributed by atoms with Gasteiger partial charge in [-0.2, -0.15) is 4.98 Å². The van der Waals surface area contributed by atoms with Crippen molar-refractivity contribution in [3.05, 3.63) is 53.2 Å². The summed E-state index contributed by atoms with van der Waals surface area (Å²) in [4.78, 5) is 18.5. The number of rotatable bonds is 6.